The van der Waals surface area contributed by atoms with Gasteiger partial charge in [0.15, 0.2) is 0 Å². The molecule has 3 aromatic rings. The van der Waals surface area contributed by atoms with Crippen molar-refractivity contribution in [1.29, 1.82) is 0 Å². The second kappa shape index (κ2) is 7.84. The first kappa shape index (κ1) is 17.6. The van der Waals surface area contributed by atoms with E-state index in [4.69, 9.17) is 0 Å². The first-order chi connectivity index (χ1) is 13.2. The van der Waals surface area contributed by atoms with Gasteiger partial charge in [-0.05, 0) is 63.2 Å². The molecular formula is C20H23FN6. The third kappa shape index (κ3) is 4.14. The first-order valence-corrected chi connectivity index (χ1v) is 9.27. The Morgan fingerprint density at radius 2 is 2.07 bits per heavy atom. The van der Waals surface area contributed by atoms with Crippen LogP contribution in [0.3, 0.4) is 0 Å². The maximum atomic E-state index is 13.1. The predicted molar refractivity (Wildman–Crippen MR) is 103 cm³/mol. The lowest BCUT2D eigenvalue weighted by atomic mass is 10.1. The van der Waals surface area contributed by atoms with E-state index in [0.29, 0.717) is 12.0 Å². The summed E-state index contributed by atoms with van der Waals surface area (Å²) in [6, 6.07) is 8.74. The molecule has 1 aromatic carbocycles. The van der Waals surface area contributed by atoms with Gasteiger partial charge in [0.05, 0.1) is 17.6 Å². The zero-order valence-electron chi connectivity index (χ0n) is 15.3. The summed E-state index contributed by atoms with van der Waals surface area (Å²) in [4.78, 5) is 11.3. The lowest BCUT2D eigenvalue weighted by molar-refractivity contribution is 0.301. The van der Waals surface area contributed by atoms with Crippen molar-refractivity contribution in [2.24, 2.45) is 0 Å². The topological polar surface area (TPSA) is 58.9 Å². The Morgan fingerprint density at radius 1 is 1.22 bits per heavy atom. The molecule has 0 bridgehead atoms. The summed E-state index contributed by atoms with van der Waals surface area (Å²) >= 11 is 0. The molecule has 1 fully saturated rings. The zero-order chi connectivity index (χ0) is 18.6. The van der Waals surface area contributed by atoms with E-state index in [1.807, 2.05) is 12.3 Å². The van der Waals surface area contributed by atoms with Crippen LogP contribution in [0.1, 0.15) is 19.3 Å². The Labute approximate surface area is 158 Å². The SMILES string of the molecule is CN1CCC[C@@H]1CCNc1nccc(-c2cnn(-c3ccc(F)cc3)c2)n1. The maximum Gasteiger partial charge on any atom is 0.223 e. The highest BCUT2D eigenvalue weighted by molar-refractivity contribution is 5.58. The Kier molecular flexibility index (Phi) is 5.11. The minimum atomic E-state index is -0.263. The normalized spacial score (nSPS) is 17.3. The van der Waals surface area contributed by atoms with Crippen LogP contribution in [0.25, 0.3) is 16.9 Å². The molecule has 0 aliphatic carbocycles. The molecule has 7 heteroatoms. The Bertz CT molecular complexity index is 891. The van der Waals surface area contributed by atoms with Crippen LogP contribution in [-0.2, 0) is 0 Å². The van der Waals surface area contributed by atoms with E-state index in [2.05, 4.69) is 32.3 Å². The van der Waals surface area contributed by atoms with E-state index in [9.17, 15) is 4.39 Å². The van der Waals surface area contributed by atoms with Crippen molar-refractivity contribution in [2.75, 3.05) is 25.5 Å². The molecule has 0 amide bonds. The average Bonchev–Trinajstić information content (AvgIpc) is 3.32. The summed E-state index contributed by atoms with van der Waals surface area (Å²) in [5.74, 6) is 0.365. The van der Waals surface area contributed by atoms with Crippen molar-refractivity contribution < 1.29 is 4.39 Å². The van der Waals surface area contributed by atoms with Crippen LogP contribution in [-0.4, -0.2) is 50.8 Å². The number of aromatic nitrogens is 4. The van der Waals surface area contributed by atoms with Crippen LogP contribution in [0, 0.1) is 5.82 Å². The van der Waals surface area contributed by atoms with Crippen LogP contribution >= 0.6 is 0 Å². The summed E-state index contributed by atoms with van der Waals surface area (Å²) in [5, 5.41) is 7.68. The number of hydrogen-bond acceptors (Lipinski definition) is 5. The molecule has 0 saturated carbocycles. The number of hydrogen-bond donors (Lipinski definition) is 1. The van der Waals surface area contributed by atoms with Crippen molar-refractivity contribution in [3.05, 3.63) is 54.7 Å². The molecule has 3 heterocycles. The molecular weight excluding hydrogens is 343 g/mol. The molecule has 6 nitrogen and oxygen atoms in total. The second-order valence-electron chi connectivity index (χ2n) is 6.91. The highest BCUT2D eigenvalue weighted by atomic mass is 19.1. The van der Waals surface area contributed by atoms with Gasteiger partial charge in [0.1, 0.15) is 5.82 Å². The Balaban J connectivity index is 1.42. The molecule has 1 aliphatic rings. The van der Waals surface area contributed by atoms with Gasteiger partial charge in [0.25, 0.3) is 0 Å². The minimum Gasteiger partial charge on any atom is -0.354 e. The fourth-order valence-electron chi connectivity index (χ4n) is 3.49. The summed E-state index contributed by atoms with van der Waals surface area (Å²) in [6.07, 6.45) is 9.02. The van der Waals surface area contributed by atoms with E-state index in [0.717, 1.165) is 29.9 Å². The first-order valence-electron chi connectivity index (χ1n) is 9.27. The Hall–Kier alpha value is -2.80. The number of nitrogens with one attached hydrogen (secondary N) is 1. The van der Waals surface area contributed by atoms with Crippen molar-refractivity contribution in [1.82, 2.24) is 24.6 Å². The van der Waals surface area contributed by atoms with E-state index < -0.39 is 0 Å². The summed E-state index contributed by atoms with van der Waals surface area (Å²) in [6.45, 7) is 2.04. The fourth-order valence-corrected chi connectivity index (χ4v) is 3.49. The molecule has 1 saturated heterocycles. The van der Waals surface area contributed by atoms with Gasteiger partial charge in [0.2, 0.25) is 5.95 Å². The number of nitrogens with zero attached hydrogens (tertiary/aromatic N) is 5. The molecule has 1 aliphatic heterocycles. The van der Waals surface area contributed by atoms with Crippen LogP contribution in [0.5, 0.6) is 0 Å². The summed E-state index contributed by atoms with van der Waals surface area (Å²) < 4.78 is 14.8. The van der Waals surface area contributed by atoms with Crippen LogP contribution in [0.4, 0.5) is 10.3 Å². The van der Waals surface area contributed by atoms with Crippen LogP contribution < -0.4 is 5.32 Å². The zero-order valence-corrected chi connectivity index (χ0v) is 15.3. The largest absolute Gasteiger partial charge is 0.354 e. The molecule has 1 atom stereocenters. The molecule has 0 radical (unpaired) electrons. The van der Waals surface area contributed by atoms with Crippen molar-refractivity contribution in [2.45, 2.75) is 25.3 Å². The molecule has 4 rings (SSSR count). The summed E-state index contributed by atoms with van der Waals surface area (Å²) in [7, 11) is 2.19. The number of halogens is 1. The highest BCUT2D eigenvalue weighted by Gasteiger charge is 2.20. The van der Waals surface area contributed by atoms with Gasteiger partial charge < -0.3 is 10.2 Å². The van der Waals surface area contributed by atoms with Crippen molar-refractivity contribution >= 4 is 5.95 Å². The van der Waals surface area contributed by atoms with Crippen molar-refractivity contribution in [3.63, 3.8) is 0 Å². The summed E-state index contributed by atoms with van der Waals surface area (Å²) in [5.41, 5.74) is 2.50. The molecule has 1 N–H and O–H groups in total. The predicted octanol–water partition coefficient (Wildman–Crippen LogP) is 3.36. The monoisotopic (exact) mass is 366 g/mol. The second-order valence-corrected chi connectivity index (χ2v) is 6.91. The lowest BCUT2D eigenvalue weighted by Gasteiger charge is -2.19. The number of rotatable bonds is 6. The standard InChI is InChI=1S/C20H23FN6/c1-26-12-2-3-17(26)8-10-22-20-23-11-9-19(25-20)15-13-24-27(14-15)18-6-4-16(21)5-7-18/h4-7,9,11,13-14,17H,2-3,8,10,12H2,1H3,(H,22,23,25)/t17-/m1/s1. The quantitative estimate of drug-likeness (QED) is 0.725. The van der Waals surface area contributed by atoms with E-state index in [1.54, 1.807) is 29.2 Å². The smallest absolute Gasteiger partial charge is 0.223 e. The third-order valence-corrected chi connectivity index (χ3v) is 5.06. The third-order valence-electron chi connectivity index (χ3n) is 5.06. The molecule has 140 valence electrons. The van der Waals surface area contributed by atoms with Crippen molar-refractivity contribution in [3.8, 4) is 16.9 Å². The highest BCUT2D eigenvalue weighted by Crippen LogP contribution is 2.20. The number of likely N-dealkylation sites (tertiary alicyclic amines) is 1. The Morgan fingerprint density at radius 3 is 2.85 bits per heavy atom. The molecule has 0 unspecified atom stereocenters. The van der Waals surface area contributed by atoms with Gasteiger partial charge in [-0.15, -0.1) is 0 Å². The van der Waals surface area contributed by atoms with E-state index >= 15 is 0 Å². The average molecular weight is 366 g/mol. The number of benzene rings is 1. The van der Waals surface area contributed by atoms with Crippen LogP contribution in [0.15, 0.2) is 48.9 Å². The number of anilines is 1. The van der Waals surface area contributed by atoms with E-state index in [1.165, 1.54) is 31.5 Å². The van der Waals surface area contributed by atoms with Crippen LogP contribution in [0.2, 0.25) is 0 Å². The van der Waals surface area contributed by atoms with Gasteiger partial charge in [-0.2, -0.15) is 5.10 Å². The van der Waals surface area contributed by atoms with Gasteiger partial charge in [-0.1, -0.05) is 0 Å². The van der Waals surface area contributed by atoms with Gasteiger partial charge in [0, 0.05) is 30.5 Å². The molecule has 0 spiro atoms. The lowest BCUT2D eigenvalue weighted by Crippen LogP contribution is -2.27. The van der Waals surface area contributed by atoms with Gasteiger partial charge in [-0.25, -0.2) is 19.0 Å². The molecule has 2 aromatic heterocycles. The van der Waals surface area contributed by atoms with Gasteiger partial charge >= 0.3 is 0 Å². The molecule has 27 heavy (non-hydrogen) atoms. The minimum absolute atomic E-state index is 0.263. The van der Waals surface area contributed by atoms with Gasteiger partial charge in [-0.3, -0.25) is 0 Å². The maximum absolute atomic E-state index is 13.1. The van der Waals surface area contributed by atoms with E-state index in [-0.39, 0.29) is 5.82 Å². The fraction of sp³-hybridized carbons (Fsp3) is 0.350.